The van der Waals surface area contributed by atoms with Crippen molar-refractivity contribution in [3.8, 4) is 0 Å². The van der Waals surface area contributed by atoms with Crippen molar-refractivity contribution in [2.45, 2.75) is 32.7 Å². The van der Waals surface area contributed by atoms with Gasteiger partial charge in [-0.25, -0.2) is 4.79 Å². The highest BCUT2D eigenvalue weighted by molar-refractivity contribution is 5.93. The van der Waals surface area contributed by atoms with Crippen molar-refractivity contribution in [2.24, 2.45) is 0 Å². The van der Waals surface area contributed by atoms with E-state index >= 15 is 0 Å². The van der Waals surface area contributed by atoms with Crippen LogP contribution in [0, 0.1) is 0 Å². The molecule has 6 heteroatoms. The van der Waals surface area contributed by atoms with Crippen molar-refractivity contribution in [3.63, 3.8) is 0 Å². The molecule has 106 valence electrons. The average molecular weight is 269 g/mol. The van der Waals surface area contributed by atoms with Crippen LogP contribution < -0.4 is 0 Å². The first kappa shape index (κ1) is 15.2. The Balaban J connectivity index is 2.94. The van der Waals surface area contributed by atoms with Gasteiger partial charge in [-0.1, -0.05) is 13.8 Å². The number of carbonyl (C=O) groups is 2. The number of aliphatic hydroxyl groups excluding tert-OH is 1. The smallest absolute Gasteiger partial charge is 0.371 e. The Hall–Kier alpha value is -1.82. The molecule has 1 aromatic heterocycles. The van der Waals surface area contributed by atoms with Gasteiger partial charge in [0.2, 0.25) is 5.76 Å². The van der Waals surface area contributed by atoms with E-state index in [2.05, 4.69) is 0 Å². The molecular weight excluding hydrogens is 250 g/mol. The summed E-state index contributed by atoms with van der Waals surface area (Å²) >= 11 is 0. The lowest BCUT2D eigenvalue weighted by Gasteiger charge is -2.29. The summed E-state index contributed by atoms with van der Waals surface area (Å²) in [7, 11) is 0. The zero-order chi connectivity index (χ0) is 14.4. The standard InChI is InChI=1S/C13H19NO5/c1-3-9(4-2)14(7-8-15)12(16)10-5-6-11(19-10)13(17)18/h5-6,9,15H,3-4,7-8H2,1-2H3,(H,17,18). The van der Waals surface area contributed by atoms with Crippen LogP contribution in [0.15, 0.2) is 16.5 Å². The lowest BCUT2D eigenvalue weighted by atomic mass is 10.1. The van der Waals surface area contributed by atoms with E-state index in [1.54, 1.807) is 0 Å². The quantitative estimate of drug-likeness (QED) is 0.784. The first-order valence-corrected chi connectivity index (χ1v) is 6.30. The molecule has 1 heterocycles. The summed E-state index contributed by atoms with van der Waals surface area (Å²) in [6, 6.07) is 2.59. The van der Waals surface area contributed by atoms with Crippen LogP contribution >= 0.6 is 0 Å². The normalized spacial score (nSPS) is 10.7. The van der Waals surface area contributed by atoms with E-state index in [0.717, 1.165) is 12.8 Å². The minimum absolute atomic E-state index is 0.00183. The second-order valence-electron chi connectivity index (χ2n) is 4.16. The number of carboxylic acid groups (broad SMARTS) is 1. The highest BCUT2D eigenvalue weighted by atomic mass is 16.4. The van der Waals surface area contributed by atoms with Crippen molar-refractivity contribution in [2.75, 3.05) is 13.2 Å². The maximum Gasteiger partial charge on any atom is 0.371 e. The summed E-state index contributed by atoms with van der Waals surface area (Å²) in [5.74, 6) is -1.89. The molecule has 1 rings (SSSR count). The van der Waals surface area contributed by atoms with Gasteiger partial charge in [-0.15, -0.1) is 0 Å². The van der Waals surface area contributed by atoms with E-state index in [0.29, 0.717) is 0 Å². The number of rotatable bonds is 7. The first-order chi connectivity index (χ1) is 9.04. The van der Waals surface area contributed by atoms with Gasteiger partial charge in [-0.3, -0.25) is 4.79 Å². The Morgan fingerprint density at radius 3 is 2.26 bits per heavy atom. The fourth-order valence-corrected chi connectivity index (χ4v) is 2.00. The predicted octanol–water partition coefficient (Wildman–Crippen LogP) is 1.60. The van der Waals surface area contributed by atoms with Crippen LogP contribution in [0.1, 0.15) is 47.8 Å². The fraction of sp³-hybridized carbons (Fsp3) is 0.538. The molecule has 0 unspecified atom stereocenters. The Kier molecular flexibility index (Phi) is 5.57. The monoisotopic (exact) mass is 269 g/mol. The zero-order valence-corrected chi connectivity index (χ0v) is 11.1. The molecule has 0 saturated carbocycles. The third kappa shape index (κ3) is 3.57. The number of aromatic carboxylic acids is 1. The molecule has 1 amide bonds. The van der Waals surface area contributed by atoms with E-state index in [1.807, 2.05) is 13.8 Å². The van der Waals surface area contributed by atoms with Gasteiger partial charge in [-0.2, -0.15) is 0 Å². The number of carbonyl (C=O) groups excluding carboxylic acids is 1. The van der Waals surface area contributed by atoms with Gasteiger partial charge in [0.15, 0.2) is 5.76 Å². The van der Waals surface area contributed by atoms with Crippen molar-refractivity contribution in [3.05, 3.63) is 23.7 Å². The SMILES string of the molecule is CCC(CC)N(CCO)C(=O)c1ccc(C(=O)O)o1. The number of carboxylic acids is 1. The minimum atomic E-state index is -1.21. The van der Waals surface area contributed by atoms with Crippen LogP contribution in [0.3, 0.4) is 0 Å². The van der Waals surface area contributed by atoms with Crippen molar-refractivity contribution in [1.82, 2.24) is 4.90 Å². The number of furan rings is 1. The molecule has 19 heavy (non-hydrogen) atoms. The summed E-state index contributed by atoms with van der Waals surface area (Å²) in [6.07, 6.45) is 1.52. The molecule has 0 aliphatic rings. The van der Waals surface area contributed by atoms with Gasteiger partial charge in [0.25, 0.3) is 5.91 Å². The Labute approximate surface area is 111 Å². The molecule has 0 atom stereocenters. The predicted molar refractivity (Wildman–Crippen MR) is 68.2 cm³/mol. The Morgan fingerprint density at radius 2 is 1.84 bits per heavy atom. The van der Waals surface area contributed by atoms with Crippen molar-refractivity contribution in [1.29, 1.82) is 0 Å². The minimum Gasteiger partial charge on any atom is -0.475 e. The molecule has 0 aliphatic carbocycles. The lowest BCUT2D eigenvalue weighted by molar-refractivity contribution is 0.0578. The molecule has 0 bridgehead atoms. The van der Waals surface area contributed by atoms with E-state index in [-0.39, 0.29) is 30.7 Å². The number of hydrogen-bond donors (Lipinski definition) is 2. The topological polar surface area (TPSA) is 91.0 Å². The molecule has 1 aromatic rings. The maximum absolute atomic E-state index is 12.3. The average Bonchev–Trinajstić information content (AvgIpc) is 2.88. The molecule has 0 aliphatic heterocycles. The van der Waals surface area contributed by atoms with Gasteiger partial charge >= 0.3 is 5.97 Å². The summed E-state index contributed by atoms with van der Waals surface area (Å²) in [6.45, 7) is 3.97. The van der Waals surface area contributed by atoms with Gasteiger partial charge in [0, 0.05) is 12.6 Å². The summed E-state index contributed by atoms with van der Waals surface area (Å²) in [5.41, 5.74) is 0. The number of nitrogens with zero attached hydrogens (tertiary/aromatic N) is 1. The van der Waals surface area contributed by atoms with Crippen LogP contribution in [0.2, 0.25) is 0 Å². The van der Waals surface area contributed by atoms with E-state index in [9.17, 15) is 9.59 Å². The second-order valence-corrected chi connectivity index (χ2v) is 4.16. The van der Waals surface area contributed by atoms with Gasteiger partial charge in [0.1, 0.15) is 0 Å². The van der Waals surface area contributed by atoms with Crippen LogP contribution in [0.4, 0.5) is 0 Å². The zero-order valence-electron chi connectivity index (χ0n) is 11.1. The Morgan fingerprint density at radius 1 is 1.26 bits per heavy atom. The number of aliphatic hydroxyl groups is 1. The molecule has 2 N–H and O–H groups in total. The van der Waals surface area contributed by atoms with Crippen LogP contribution in [0.25, 0.3) is 0 Å². The lowest BCUT2D eigenvalue weighted by Crippen LogP contribution is -2.41. The third-order valence-electron chi connectivity index (χ3n) is 3.01. The maximum atomic E-state index is 12.3. The highest BCUT2D eigenvalue weighted by Gasteiger charge is 2.25. The second kappa shape index (κ2) is 6.94. The van der Waals surface area contributed by atoms with Gasteiger partial charge in [0.05, 0.1) is 6.61 Å². The largest absolute Gasteiger partial charge is 0.475 e. The van der Waals surface area contributed by atoms with Gasteiger partial charge < -0.3 is 19.5 Å². The molecule has 0 fully saturated rings. The molecule has 0 saturated heterocycles. The number of hydrogen-bond acceptors (Lipinski definition) is 4. The van der Waals surface area contributed by atoms with Crippen LogP contribution in [-0.2, 0) is 0 Å². The molecule has 0 radical (unpaired) electrons. The molecule has 6 nitrogen and oxygen atoms in total. The van der Waals surface area contributed by atoms with E-state index in [4.69, 9.17) is 14.6 Å². The van der Waals surface area contributed by atoms with Gasteiger partial charge in [-0.05, 0) is 25.0 Å². The van der Waals surface area contributed by atoms with E-state index in [1.165, 1.54) is 17.0 Å². The Bertz CT molecular complexity index is 436. The summed E-state index contributed by atoms with van der Waals surface area (Å²) in [5, 5.41) is 17.8. The fourth-order valence-electron chi connectivity index (χ4n) is 2.00. The van der Waals surface area contributed by atoms with Crippen molar-refractivity contribution < 1.29 is 24.2 Å². The molecule has 0 spiro atoms. The first-order valence-electron chi connectivity index (χ1n) is 6.30. The highest BCUT2D eigenvalue weighted by Crippen LogP contribution is 2.16. The summed E-state index contributed by atoms with van der Waals surface area (Å²) in [4.78, 5) is 24.5. The molecular formula is C13H19NO5. The number of amides is 1. The molecule has 0 aromatic carbocycles. The van der Waals surface area contributed by atoms with Crippen LogP contribution in [-0.4, -0.2) is 46.2 Å². The van der Waals surface area contributed by atoms with Crippen LogP contribution in [0.5, 0.6) is 0 Å². The van der Waals surface area contributed by atoms with E-state index < -0.39 is 11.9 Å². The third-order valence-corrected chi connectivity index (χ3v) is 3.01. The summed E-state index contributed by atoms with van der Waals surface area (Å²) < 4.78 is 5.00. The van der Waals surface area contributed by atoms with Crippen molar-refractivity contribution >= 4 is 11.9 Å².